The Morgan fingerprint density at radius 2 is 1.20 bits per heavy atom. The highest BCUT2D eigenvalue weighted by Crippen LogP contribution is 2.31. The first-order chi connectivity index (χ1) is 11.3. The molecule has 3 N–H and O–H groups in total. The molecule has 0 aromatic rings. The van der Waals surface area contributed by atoms with Crippen LogP contribution in [0.15, 0.2) is 0 Å². The Morgan fingerprint density at radius 1 is 0.840 bits per heavy atom. The van der Waals surface area contributed by atoms with Gasteiger partial charge in [-0.1, -0.05) is 76.7 Å². The maximum atomic E-state index is 11.0. The molecule has 2 atom stereocenters. The van der Waals surface area contributed by atoms with Crippen LogP contribution in [0, 0.1) is 10.8 Å². The summed E-state index contributed by atoms with van der Waals surface area (Å²) in [6.07, 6.45) is 6.43. The van der Waals surface area contributed by atoms with Crippen LogP contribution in [0.25, 0.3) is 0 Å². The zero-order valence-corrected chi connectivity index (χ0v) is 17.2. The monoisotopic (exact) mass is 426 g/mol. The third-order valence-corrected chi connectivity index (χ3v) is 5.91. The van der Waals surface area contributed by atoms with Crippen LogP contribution in [-0.4, -0.2) is 39.2 Å². The van der Waals surface area contributed by atoms with Crippen molar-refractivity contribution in [3.05, 3.63) is 0 Å². The fraction of sp³-hybridized carbons (Fsp3) is 0.895. The smallest absolute Gasteiger partial charge is 0.311 e. The highest BCUT2D eigenvalue weighted by molar-refractivity contribution is 9.09. The molecule has 5 nitrogen and oxygen atoms in total. The number of aliphatic hydroxyl groups is 1. The van der Waals surface area contributed by atoms with E-state index >= 15 is 0 Å². The molecule has 0 rings (SSSR count). The van der Waals surface area contributed by atoms with Gasteiger partial charge < -0.3 is 15.3 Å². The molecule has 0 saturated carbocycles. The minimum Gasteiger partial charge on any atom is -0.481 e. The van der Waals surface area contributed by atoms with Crippen molar-refractivity contribution in [2.75, 3.05) is 11.9 Å². The summed E-state index contributed by atoms with van der Waals surface area (Å²) in [5, 5.41) is 27.5. The molecule has 0 aromatic heterocycles. The lowest BCUT2D eigenvalue weighted by atomic mass is 9.81. The summed E-state index contributed by atoms with van der Waals surface area (Å²) in [5.74, 6) is -1.55. The summed E-state index contributed by atoms with van der Waals surface area (Å²) in [5.41, 5.74) is -1.42. The predicted octanol–water partition coefficient (Wildman–Crippen LogP) is 5.34. The second-order valence-corrected chi connectivity index (χ2v) is 6.94. The Labute approximate surface area is 162 Å². The van der Waals surface area contributed by atoms with E-state index in [-0.39, 0.29) is 14.0 Å². The van der Waals surface area contributed by atoms with Crippen molar-refractivity contribution in [3.8, 4) is 0 Å². The summed E-state index contributed by atoms with van der Waals surface area (Å²) < 4.78 is 0. The summed E-state index contributed by atoms with van der Waals surface area (Å²) in [7, 11) is 0. The van der Waals surface area contributed by atoms with Gasteiger partial charge in [-0.2, -0.15) is 0 Å². The van der Waals surface area contributed by atoms with Gasteiger partial charge in [-0.15, -0.1) is 0 Å². The van der Waals surface area contributed by atoms with E-state index in [1.165, 1.54) is 0 Å². The fourth-order valence-corrected chi connectivity index (χ4v) is 3.29. The minimum absolute atomic E-state index is 0. The maximum Gasteiger partial charge on any atom is 0.311 e. The normalized spacial score (nSPS) is 15.0. The van der Waals surface area contributed by atoms with Gasteiger partial charge in [0.1, 0.15) is 0 Å². The minimum atomic E-state index is -0.893. The standard InChI is InChI=1S/C9H17BrO2.C9H18O3.CH4/c2*1-3-5-6-9(4-2,7-10)8(11)12;/h3-7H2,1-2H3,(H,11,12);10H,3-7H2,1-2H3,(H,11,12);1H4. The number of carboxylic acids is 2. The molecule has 0 heterocycles. The van der Waals surface area contributed by atoms with Crippen molar-refractivity contribution < 1.29 is 24.9 Å². The van der Waals surface area contributed by atoms with Gasteiger partial charge in [0, 0.05) is 5.33 Å². The molecule has 0 radical (unpaired) electrons. The van der Waals surface area contributed by atoms with Gasteiger partial charge in [0.2, 0.25) is 0 Å². The van der Waals surface area contributed by atoms with Crippen molar-refractivity contribution in [1.29, 1.82) is 0 Å². The lowest BCUT2D eigenvalue weighted by Gasteiger charge is -2.25. The molecular formula is C19H39BrO5. The van der Waals surface area contributed by atoms with Crippen LogP contribution in [0.1, 0.15) is 86.5 Å². The van der Waals surface area contributed by atoms with Crippen LogP contribution in [0.5, 0.6) is 0 Å². The second-order valence-electron chi connectivity index (χ2n) is 6.38. The summed E-state index contributed by atoms with van der Waals surface area (Å²) >= 11 is 3.28. The number of rotatable bonds is 12. The van der Waals surface area contributed by atoms with Crippen molar-refractivity contribution >= 4 is 27.9 Å². The Bertz CT molecular complexity index is 316. The van der Waals surface area contributed by atoms with Crippen molar-refractivity contribution in [1.82, 2.24) is 0 Å². The number of carbonyl (C=O) groups is 2. The number of alkyl halides is 1. The molecule has 0 bridgehead atoms. The SMILES string of the molecule is C.CCCCC(CC)(CBr)C(=O)O.CCCCC(CC)(CO)C(=O)O. The van der Waals surface area contributed by atoms with Crippen molar-refractivity contribution in [2.45, 2.75) is 86.5 Å². The van der Waals surface area contributed by atoms with Crippen LogP contribution >= 0.6 is 15.9 Å². The predicted molar refractivity (Wildman–Crippen MR) is 107 cm³/mol. The molecule has 0 amide bonds. The van der Waals surface area contributed by atoms with Crippen LogP contribution in [0.4, 0.5) is 0 Å². The van der Waals surface area contributed by atoms with Crippen LogP contribution in [0.2, 0.25) is 0 Å². The van der Waals surface area contributed by atoms with E-state index in [9.17, 15) is 9.59 Å². The van der Waals surface area contributed by atoms with E-state index in [2.05, 4.69) is 22.9 Å². The van der Waals surface area contributed by atoms with Crippen molar-refractivity contribution in [3.63, 3.8) is 0 Å². The van der Waals surface area contributed by atoms with Gasteiger partial charge in [0.15, 0.2) is 0 Å². The molecule has 0 aliphatic carbocycles. The molecule has 2 unspecified atom stereocenters. The number of hydrogen-bond donors (Lipinski definition) is 3. The number of aliphatic carboxylic acids is 2. The molecule has 152 valence electrons. The maximum absolute atomic E-state index is 11.0. The first-order valence-electron chi connectivity index (χ1n) is 8.89. The summed E-state index contributed by atoms with van der Waals surface area (Å²) in [6, 6.07) is 0. The molecule has 0 saturated heterocycles. The largest absolute Gasteiger partial charge is 0.481 e. The second kappa shape index (κ2) is 15.6. The van der Waals surface area contributed by atoms with Gasteiger partial charge >= 0.3 is 11.9 Å². The molecule has 25 heavy (non-hydrogen) atoms. The van der Waals surface area contributed by atoms with Gasteiger partial charge in [-0.3, -0.25) is 9.59 Å². The summed E-state index contributed by atoms with van der Waals surface area (Å²) in [6.45, 7) is 7.58. The first kappa shape index (κ1) is 29.2. The van der Waals surface area contributed by atoms with Crippen LogP contribution in [-0.2, 0) is 9.59 Å². The van der Waals surface area contributed by atoms with E-state index in [0.29, 0.717) is 24.6 Å². The molecule has 0 spiro atoms. The van der Waals surface area contributed by atoms with Gasteiger partial charge in [0.25, 0.3) is 0 Å². The average molecular weight is 427 g/mol. The Kier molecular flexibility index (Phi) is 18.2. The zero-order valence-electron chi connectivity index (χ0n) is 15.6. The molecule has 0 fully saturated rings. The van der Waals surface area contributed by atoms with Crippen LogP contribution < -0.4 is 0 Å². The number of halogens is 1. The average Bonchev–Trinajstić information content (AvgIpc) is 2.58. The van der Waals surface area contributed by atoms with Crippen LogP contribution in [0.3, 0.4) is 0 Å². The molecule has 0 aliphatic rings. The fourth-order valence-electron chi connectivity index (χ4n) is 2.38. The molecular weight excluding hydrogens is 388 g/mol. The first-order valence-corrected chi connectivity index (χ1v) is 10.0. The highest BCUT2D eigenvalue weighted by Gasteiger charge is 2.35. The highest BCUT2D eigenvalue weighted by atomic mass is 79.9. The number of hydrogen-bond acceptors (Lipinski definition) is 3. The van der Waals surface area contributed by atoms with Crippen molar-refractivity contribution in [2.24, 2.45) is 10.8 Å². The van der Waals surface area contributed by atoms with E-state index in [4.69, 9.17) is 15.3 Å². The Morgan fingerprint density at radius 3 is 1.40 bits per heavy atom. The Balaban J connectivity index is -0.000000372. The topological polar surface area (TPSA) is 94.8 Å². The summed E-state index contributed by atoms with van der Waals surface area (Å²) in [4.78, 5) is 21.8. The van der Waals surface area contributed by atoms with E-state index in [1.54, 1.807) is 6.92 Å². The van der Waals surface area contributed by atoms with Gasteiger partial charge in [0.05, 0.1) is 17.4 Å². The zero-order chi connectivity index (χ0) is 19.2. The number of carboxylic acid groups (broad SMARTS) is 2. The number of unbranched alkanes of at least 4 members (excludes halogenated alkanes) is 2. The number of aliphatic hydroxyl groups excluding tert-OH is 1. The molecule has 0 aliphatic heterocycles. The Hall–Kier alpha value is -0.620. The lowest BCUT2D eigenvalue weighted by Crippen LogP contribution is -2.34. The molecule has 6 heteroatoms. The van der Waals surface area contributed by atoms with E-state index in [1.807, 2.05) is 13.8 Å². The lowest BCUT2D eigenvalue weighted by molar-refractivity contribution is -0.152. The van der Waals surface area contributed by atoms with Gasteiger partial charge in [-0.05, 0) is 25.7 Å². The quantitative estimate of drug-likeness (QED) is 0.366. The van der Waals surface area contributed by atoms with Gasteiger partial charge in [-0.25, -0.2) is 0 Å². The third-order valence-electron chi connectivity index (χ3n) is 4.84. The molecule has 0 aromatic carbocycles. The third kappa shape index (κ3) is 9.59. The van der Waals surface area contributed by atoms with E-state index in [0.717, 1.165) is 32.1 Å². The van der Waals surface area contributed by atoms with E-state index < -0.39 is 22.8 Å².